The highest BCUT2D eigenvalue weighted by molar-refractivity contribution is 6.38. The van der Waals surface area contributed by atoms with Gasteiger partial charge >= 0.3 is 5.97 Å². The van der Waals surface area contributed by atoms with E-state index in [0.29, 0.717) is 0 Å². The Morgan fingerprint density at radius 2 is 2.14 bits per heavy atom. The van der Waals surface area contributed by atoms with E-state index < -0.39 is 5.97 Å². The molecule has 1 rings (SSSR count). The molecule has 0 fully saturated rings. The second-order valence-corrected chi connectivity index (χ2v) is 3.26. The van der Waals surface area contributed by atoms with Gasteiger partial charge in [-0.2, -0.15) is 0 Å². The van der Waals surface area contributed by atoms with Crippen LogP contribution in [0.5, 0.6) is 5.75 Å². The van der Waals surface area contributed by atoms with Crippen LogP contribution in [0, 0.1) is 0 Å². The first-order valence-electron chi connectivity index (χ1n) is 3.92. The molecule has 0 bridgehead atoms. The van der Waals surface area contributed by atoms with Crippen LogP contribution < -0.4 is 0 Å². The Labute approximate surface area is 91.2 Å². The number of phenols is 1. The topological polar surface area (TPSA) is 46.5 Å². The van der Waals surface area contributed by atoms with Gasteiger partial charge in [0.1, 0.15) is 0 Å². The summed E-state index contributed by atoms with van der Waals surface area (Å²) in [5.41, 5.74) is 0.107. The second-order valence-electron chi connectivity index (χ2n) is 2.48. The lowest BCUT2D eigenvalue weighted by Crippen LogP contribution is -2.05. The van der Waals surface area contributed by atoms with Crippen molar-refractivity contribution in [3.8, 4) is 5.75 Å². The molecule has 0 radical (unpaired) electrons. The average Bonchev–Trinajstić information content (AvgIpc) is 2.15. The van der Waals surface area contributed by atoms with Crippen molar-refractivity contribution >= 4 is 29.2 Å². The SMILES string of the molecule is CCOC(=O)c1ccc(Cl)c(O)c1Cl. The Morgan fingerprint density at radius 1 is 1.50 bits per heavy atom. The van der Waals surface area contributed by atoms with Crippen LogP contribution in [-0.2, 0) is 4.74 Å². The smallest absolute Gasteiger partial charge is 0.339 e. The second kappa shape index (κ2) is 4.53. The average molecular weight is 235 g/mol. The van der Waals surface area contributed by atoms with Gasteiger partial charge in [-0.1, -0.05) is 23.2 Å². The van der Waals surface area contributed by atoms with Crippen LogP contribution in [0.2, 0.25) is 10.0 Å². The molecule has 0 aliphatic heterocycles. The van der Waals surface area contributed by atoms with E-state index >= 15 is 0 Å². The Bertz CT molecular complexity index is 363. The number of carbonyl (C=O) groups is 1. The van der Waals surface area contributed by atoms with E-state index in [1.165, 1.54) is 12.1 Å². The van der Waals surface area contributed by atoms with Crippen LogP contribution in [0.15, 0.2) is 12.1 Å². The minimum absolute atomic E-state index is 0.0871. The minimum atomic E-state index is -0.579. The molecule has 0 heterocycles. The van der Waals surface area contributed by atoms with E-state index in [1.807, 2.05) is 0 Å². The summed E-state index contributed by atoms with van der Waals surface area (Å²) in [6.07, 6.45) is 0. The van der Waals surface area contributed by atoms with Crippen molar-refractivity contribution in [1.82, 2.24) is 0 Å². The maximum absolute atomic E-state index is 11.3. The normalized spacial score (nSPS) is 9.93. The summed E-state index contributed by atoms with van der Waals surface area (Å²) < 4.78 is 4.73. The molecule has 14 heavy (non-hydrogen) atoms. The van der Waals surface area contributed by atoms with Crippen molar-refractivity contribution in [1.29, 1.82) is 0 Å². The fraction of sp³-hybridized carbons (Fsp3) is 0.222. The summed E-state index contributed by atoms with van der Waals surface area (Å²) in [5.74, 6) is -0.886. The van der Waals surface area contributed by atoms with Gasteiger partial charge in [0.05, 0.1) is 22.2 Å². The molecule has 0 atom stereocenters. The molecule has 1 aromatic carbocycles. The summed E-state index contributed by atoms with van der Waals surface area (Å²) in [5, 5.41) is 9.35. The molecule has 0 aromatic heterocycles. The Balaban J connectivity index is 3.11. The zero-order valence-corrected chi connectivity index (χ0v) is 8.89. The molecule has 1 aromatic rings. The molecule has 5 heteroatoms. The van der Waals surface area contributed by atoms with Gasteiger partial charge in [0.2, 0.25) is 0 Å². The molecule has 0 saturated heterocycles. The van der Waals surface area contributed by atoms with Gasteiger partial charge < -0.3 is 9.84 Å². The summed E-state index contributed by atoms with van der Waals surface area (Å²) in [6.45, 7) is 1.93. The highest BCUT2D eigenvalue weighted by atomic mass is 35.5. The Morgan fingerprint density at radius 3 is 2.71 bits per heavy atom. The van der Waals surface area contributed by atoms with Crippen molar-refractivity contribution in [2.24, 2.45) is 0 Å². The van der Waals surface area contributed by atoms with Gasteiger partial charge in [-0.15, -0.1) is 0 Å². The van der Waals surface area contributed by atoms with Crippen molar-refractivity contribution in [2.75, 3.05) is 6.61 Å². The molecule has 76 valence electrons. The van der Waals surface area contributed by atoms with E-state index in [-0.39, 0.29) is 28.0 Å². The zero-order valence-electron chi connectivity index (χ0n) is 7.38. The zero-order chi connectivity index (χ0) is 10.7. The number of hydrogen-bond acceptors (Lipinski definition) is 3. The first-order valence-corrected chi connectivity index (χ1v) is 4.67. The van der Waals surface area contributed by atoms with Crippen molar-refractivity contribution < 1.29 is 14.6 Å². The molecule has 0 spiro atoms. The third-order valence-corrected chi connectivity index (χ3v) is 2.25. The van der Waals surface area contributed by atoms with Crippen LogP contribution >= 0.6 is 23.2 Å². The van der Waals surface area contributed by atoms with Gasteiger partial charge in [-0.3, -0.25) is 0 Å². The Hall–Kier alpha value is -0.930. The molecule has 0 aliphatic rings. The van der Waals surface area contributed by atoms with Gasteiger partial charge in [0.15, 0.2) is 5.75 Å². The standard InChI is InChI=1S/C9H8Cl2O3/c1-2-14-9(13)5-3-4-6(10)8(12)7(5)11/h3-4,12H,2H2,1H3. The van der Waals surface area contributed by atoms with Crippen LogP contribution in [0.1, 0.15) is 17.3 Å². The predicted molar refractivity (Wildman–Crippen MR) is 54.1 cm³/mol. The maximum atomic E-state index is 11.3. The number of benzene rings is 1. The molecule has 0 aliphatic carbocycles. The van der Waals surface area contributed by atoms with E-state index in [4.69, 9.17) is 27.9 Å². The third-order valence-electron chi connectivity index (χ3n) is 1.56. The highest BCUT2D eigenvalue weighted by Gasteiger charge is 2.16. The van der Waals surface area contributed by atoms with Crippen molar-refractivity contribution in [3.05, 3.63) is 27.7 Å². The van der Waals surface area contributed by atoms with Crippen LogP contribution in [-0.4, -0.2) is 17.7 Å². The van der Waals surface area contributed by atoms with Crippen molar-refractivity contribution in [3.63, 3.8) is 0 Å². The van der Waals surface area contributed by atoms with Gasteiger partial charge in [0.25, 0.3) is 0 Å². The first-order chi connectivity index (χ1) is 6.57. The number of aromatic hydroxyl groups is 1. The molecular formula is C9H8Cl2O3. The fourth-order valence-corrected chi connectivity index (χ4v) is 1.36. The number of carbonyl (C=O) groups excluding carboxylic acids is 1. The molecular weight excluding hydrogens is 227 g/mol. The Kier molecular flexibility index (Phi) is 3.61. The molecule has 0 unspecified atom stereocenters. The quantitative estimate of drug-likeness (QED) is 0.801. The number of rotatable bonds is 2. The van der Waals surface area contributed by atoms with Gasteiger partial charge in [-0.05, 0) is 19.1 Å². The molecule has 0 saturated carbocycles. The third kappa shape index (κ3) is 2.11. The lowest BCUT2D eigenvalue weighted by Gasteiger charge is -2.06. The monoisotopic (exact) mass is 234 g/mol. The highest BCUT2D eigenvalue weighted by Crippen LogP contribution is 2.34. The summed E-state index contributed by atoms with van der Waals surface area (Å²) >= 11 is 11.3. The summed E-state index contributed by atoms with van der Waals surface area (Å²) in [6, 6.07) is 2.79. The summed E-state index contributed by atoms with van der Waals surface area (Å²) in [7, 11) is 0. The largest absolute Gasteiger partial charge is 0.505 e. The summed E-state index contributed by atoms with van der Waals surface area (Å²) in [4.78, 5) is 11.3. The predicted octanol–water partition coefficient (Wildman–Crippen LogP) is 2.88. The van der Waals surface area contributed by atoms with Crippen molar-refractivity contribution in [2.45, 2.75) is 6.92 Å². The van der Waals surface area contributed by atoms with E-state index in [2.05, 4.69) is 0 Å². The van der Waals surface area contributed by atoms with Gasteiger partial charge in [0, 0.05) is 0 Å². The van der Waals surface area contributed by atoms with Crippen LogP contribution in [0.3, 0.4) is 0 Å². The first kappa shape index (κ1) is 11.1. The number of hydrogen-bond donors (Lipinski definition) is 1. The number of ether oxygens (including phenoxy) is 1. The van der Waals surface area contributed by atoms with E-state index in [1.54, 1.807) is 6.92 Å². The fourth-order valence-electron chi connectivity index (χ4n) is 0.907. The lowest BCUT2D eigenvalue weighted by molar-refractivity contribution is 0.0526. The number of halogens is 2. The number of esters is 1. The van der Waals surface area contributed by atoms with Crippen LogP contribution in [0.25, 0.3) is 0 Å². The van der Waals surface area contributed by atoms with Gasteiger partial charge in [-0.25, -0.2) is 4.79 Å². The van der Waals surface area contributed by atoms with E-state index in [9.17, 15) is 9.90 Å². The van der Waals surface area contributed by atoms with E-state index in [0.717, 1.165) is 0 Å². The lowest BCUT2D eigenvalue weighted by atomic mass is 10.2. The molecule has 0 amide bonds. The molecule has 3 nitrogen and oxygen atoms in total. The maximum Gasteiger partial charge on any atom is 0.339 e. The number of phenolic OH excluding ortho intramolecular Hbond substituents is 1. The minimum Gasteiger partial charge on any atom is -0.505 e. The molecule has 1 N–H and O–H groups in total. The van der Waals surface area contributed by atoms with Crippen LogP contribution in [0.4, 0.5) is 0 Å².